The normalized spacial score (nSPS) is 14.8. The lowest BCUT2D eigenvalue weighted by atomic mass is 9.94. The van der Waals surface area contributed by atoms with Crippen molar-refractivity contribution in [1.82, 2.24) is 5.43 Å². The Kier molecular flexibility index (Phi) is 6.02. The average Bonchev–Trinajstić information content (AvgIpc) is 2.32. The molecule has 1 aromatic rings. The molecule has 2 unspecified atom stereocenters. The molecule has 0 fully saturated rings. The van der Waals surface area contributed by atoms with Crippen LogP contribution >= 0.6 is 11.6 Å². The summed E-state index contributed by atoms with van der Waals surface area (Å²) in [5.74, 6) is 5.49. The van der Waals surface area contributed by atoms with Crippen LogP contribution in [0, 0.1) is 11.7 Å². The molecule has 102 valence electrons. The first-order valence-electron chi connectivity index (χ1n) is 5.93. The molecule has 3 nitrogen and oxygen atoms in total. The van der Waals surface area contributed by atoms with Gasteiger partial charge in [0, 0.05) is 17.7 Å². The molecule has 0 spiro atoms. The van der Waals surface area contributed by atoms with E-state index in [9.17, 15) is 4.39 Å². The predicted molar refractivity (Wildman–Crippen MR) is 71.9 cm³/mol. The van der Waals surface area contributed by atoms with Gasteiger partial charge in [0.25, 0.3) is 0 Å². The highest BCUT2D eigenvalue weighted by Crippen LogP contribution is 2.23. The Labute approximate surface area is 112 Å². The molecule has 0 saturated heterocycles. The molecule has 1 rings (SSSR count). The molecule has 2 atom stereocenters. The van der Waals surface area contributed by atoms with Gasteiger partial charge in [-0.15, -0.1) is 0 Å². The van der Waals surface area contributed by atoms with Crippen LogP contribution in [0.3, 0.4) is 0 Å². The molecule has 0 saturated carbocycles. The third-order valence-corrected chi connectivity index (χ3v) is 3.38. The lowest BCUT2D eigenvalue weighted by Crippen LogP contribution is -2.48. The smallest absolute Gasteiger partial charge is 0.127 e. The summed E-state index contributed by atoms with van der Waals surface area (Å²) in [6.45, 7) is 4.06. The largest absolute Gasteiger partial charge is 0.380 e. The molecule has 0 aliphatic heterocycles. The summed E-state index contributed by atoms with van der Waals surface area (Å²) >= 11 is 6.01. The summed E-state index contributed by atoms with van der Waals surface area (Å²) in [4.78, 5) is 0. The molecular weight excluding hydrogens is 255 g/mol. The van der Waals surface area contributed by atoms with Gasteiger partial charge in [-0.2, -0.15) is 0 Å². The van der Waals surface area contributed by atoms with Gasteiger partial charge in [-0.05, 0) is 24.5 Å². The number of nitrogens with one attached hydrogen (secondary N) is 1. The van der Waals surface area contributed by atoms with Crippen molar-refractivity contribution in [2.75, 3.05) is 7.11 Å². The van der Waals surface area contributed by atoms with Gasteiger partial charge < -0.3 is 4.74 Å². The van der Waals surface area contributed by atoms with Crippen molar-refractivity contribution in [2.24, 2.45) is 11.8 Å². The number of hydrazine groups is 1. The van der Waals surface area contributed by atoms with Crippen LogP contribution < -0.4 is 11.3 Å². The van der Waals surface area contributed by atoms with Crippen LogP contribution in [0.25, 0.3) is 0 Å². The van der Waals surface area contributed by atoms with Crippen molar-refractivity contribution in [2.45, 2.75) is 32.4 Å². The van der Waals surface area contributed by atoms with Crippen LogP contribution in [0.1, 0.15) is 19.4 Å². The van der Waals surface area contributed by atoms with Gasteiger partial charge >= 0.3 is 0 Å². The van der Waals surface area contributed by atoms with Crippen LogP contribution in [-0.4, -0.2) is 19.3 Å². The first kappa shape index (κ1) is 15.4. The number of nitrogens with two attached hydrogens (primary N) is 1. The van der Waals surface area contributed by atoms with Gasteiger partial charge in [0.2, 0.25) is 0 Å². The molecule has 0 heterocycles. The Hall–Kier alpha value is -0.680. The molecule has 18 heavy (non-hydrogen) atoms. The van der Waals surface area contributed by atoms with Crippen molar-refractivity contribution in [3.05, 3.63) is 34.6 Å². The van der Waals surface area contributed by atoms with E-state index in [1.165, 1.54) is 6.07 Å². The summed E-state index contributed by atoms with van der Waals surface area (Å²) in [7, 11) is 1.62. The summed E-state index contributed by atoms with van der Waals surface area (Å²) in [6.07, 6.45) is 0.282. The van der Waals surface area contributed by atoms with Gasteiger partial charge in [-0.1, -0.05) is 31.5 Å². The molecule has 3 N–H and O–H groups in total. The number of methoxy groups -OCH3 is 1. The van der Waals surface area contributed by atoms with Crippen LogP contribution in [0.15, 0.2) is 18.2 Å². The van der Waals surface area contributed by atoms with Crippen molar-refractivity contribution < 1.29 is 9.13 Å². The topological polar surface area (TPSA) is 47.3 Å². The van der Waals surface area contributed by atoms with E-state index in [2.05, 4.69) is 5.43 Å². The second-order valence-electron chi connectivity index (χ2n) is 4.62. The van der Waals surface area contributed by atoms with Crippen LogP contribution in [0.2, 0.25) is 5.02 Å². The fourth-order valence-corrected chi connectivity index (χ4v) is 2.36. The van der Waals surface area contributed by atoms with Crippen molar-refractivity contribution >= 4 is 11.6 Å². The van der Waals surface area contributed by atoms with E-state index >= 15 is 0 Å². The Bertz CT molecular complexity index is 367. The predicted octanol–water partition coefficient (Wildman–Crippen LogP) is 2.52. The zero-order valence-electron chi connectivity index (χ0n) is 10.9. The van der Waals surface area contributed by atoms with Gasteiger partial charge in [-0.25, -0.2) is 4.39 Å². The van der Waals surface area contributed by atoms with Crippen molar-refractivity contribution in [1.29, 1.82) is 0 Å². The van der Waals surface area contributed by atoms with E-state index in [1.54, 1.807) is 19.2 Å². The molecule has 0 aliphatic rings. The molecule has 0 bridgehead atoms. The Morgan fingerprint density at radius 2 is 2.11 bits per heavy atom. The van der Waals surface area contributed by atoms with E-state index in [4.69, 9.17) is 22.2 Å². The molecule has 0 amide bonds. The minimum Gasteiger partial charge on any atom is -0.380 e. The Balaban J connectivity index is 2.92. The second-order valence-corrected chi connectivity index (χ2v) is 5.03. The second kappa shape index (κ2) is 7.04. The maximum Gasteiger partial charge on any atom is 0.127 e. The standard InChI is InChI=1S/C13H20ClFN2O/c1-8(2)13(18-3)12(17-16)7-9-10(14)5-4-6-11(9)15/h4-6,8,12-13,17H,7,16H2,1-3H3. The van der Waals surface area contributed by atoms with Crippen molar-refractivity contribution in [3.8, 4) is 0 Å². The van der Waals surface area contributed by atoms with Gasteiger partial charge in [0.05, 0.1) is 12.1 Å². The first-order valence-corrected chi connectivity index (χ1v) is 6.30. The maximum atomic E-state index is 13.7. The number of rotatable bonds is 6. The highest BCUT2D eigenvalue weighted by Gasteiger charge is 2.25. The third-order valence-electron chi connectivity index (χ3n) is 3.03. The van der Waals surface area contributed by atoms with Gasteiger partial charge in [-0.3, -0.25) is 11.3 Å². The highest BCUT2D eigenvalue weighted by molar-refractivity contribution is 6.31. The fraction of sp³-hybridized carbons (Fsp3) is 0.538. The monoisotopic (exact) mass is 274 g/mol. The molecule has 5 heteroatoms. The number of hydrogen-bond donors (Lipinski definition) is 2. The van der Waals surface area contributed by atoms with E-state index in [0.717, 1.165) is 0 Å². The minimum atomic E-state index is -0.318. The summed E-state index contributed by atoms with van der Waals surface area (Å²) in [6, 6.07) is 4.46. The SMILES string of the molecule is COC(C(C)C)C(Cc1c(F)cccc1Cl)NN. The fourth-order valence-electron chi connectivity index (χ4n) is 2.12. The van der Waals surface area contributed by atoms with Crippen LogP contribution in [0.4, 0.5) is 4.39 Å². The van der Waals surface area contributed by atoms with E-state index in [1.807, 2.05) is 13.8 Å². The van der Waals surface area contributed by atoms with Crippen LogP contribution in [-0.2, 0) is 11.2 Å². The molecule has 0 aromatic heterocycles. The Morgan fingerprint density at radius 1 is 1.44 bits per heavy atom. The molecule has 1 aromatic carbocycles. The number of ether oxygens (including phenoxy) is 1. The quantitative estimate of drug-likeness (QED) is 0.619. The first-order chi connectivity index (χ1) is 8.51. The summed E-state index contributed by atoms with van der Waals surface area (Å²) in [5.41, 5.74) is 3.15. The third kappa shape index (κ3) is 3.65. The molecular formula is C13H20ClFN2O. The average molecular weight is 275 g/mol. The van der Waals surface area contributed by atoms with Crippen molar-refractivity contribution in [3.63, 3.8) is 0 Å². The van der Waals surface area contributed by atoms with E-state index in [-0.39, 0.29) is 23.9 Å². The van der Waals surface area contributed by atoms with E-state index < -0.39 is 0 Å². The zero-order chi connectivity index (χ0) is 13.7. The highest BCUT2D eigenvalue weighted by atomic mass is 35.5. The number of benzene rings is 1. The van der Waals surface area contributed by atoms with Gasteiger partial charge in [0.1, 0.15) is 5.82 Å². The van der Waals surface area contributed by atoms with E-state index in [0.29, 0.717) is 17.0 Å². The molecule has 0 radical (unpaired) electrons. The zero-order valence-corrected chi connectivity index (χ0v) is 11.7. The lowest BCUT2D eigenvalue weighted by Gasteiger charge is -2.28. The molecule has 0 aliphatic carbocycles. The number of hydrogen-bond acceptors (Lipinski definition) is 3. The summed E-state index contributed by atoms with van der Waals surface area (Å²) < 4.78 is 19.1. The summed E-state index contributed by atoms with van der Waals surface area (Å²) in [5, 5.41) is 0.411. The lowest BCUT2D eigenvalue weighted by molar-refractivity contribution is 0.0330. The minimum absolute atomic E-state index is 0.106. The van der Waals surface area contributed by atoms with Crippen LogP contribution in [0.5, 0.6) is 0 Å². The maximum absolute atomic E-state index is 13.7. The number of halogens is 2. The van der Waals surface area contributed by atoms with Gasteiger partial charge in [0.15, 0.2) is 0 Å². The Morgan fingerprint density at radius 3 is 2.56 bits per heavy atom.